The molecule has 1 heterocycles. The van der Waals surface area contributed by atoms with E-state index in [1.54, 1.807) is 26.0 Å². The minimum absolute atomic E-state index is 0.0964. The van der Waals surface area contributed by atoms with Gasteiger partial charge in [0.25, 0.3) is 5.91 Å². The molecule has 11 heteroatoms. The van der Waals surface area contributed by atoms with Crippen molar-refractivity contribution in [2.45, 2.75) is 57.3 Å². The Hall–Kier alpha value is -5.19. The molecule has 1 aliphatic rings. The number of imide groups is 1. The van der Waals surface area contributed by atoms with Gasteiger partial charge >= 0.3 is 6.03 Å². The van der Waals surface area contributed by atoms with E-state index < -0.39 is 29.4 Å². The molecule has 7 N–H and O–H groups in total. The van der Waals surface area contributed by atoms with Gasteiger partial charge in [0.15, 0.2) is 5.96 Å². The molecule has 0 radical (unpaired) electrons. The Morgan fingerprint density at radius 1 is 0.909 bits per heavy atom. The molecule has 0 aliphatic carbocycles. The highest BCUT2D eigenvalue weighted by Gasteiger charge is 2.44. The van der Waals surface area contributed by atoms with Crippen molar-refractivity contribution in [3.8, 4) is 0 Å². The first-order chi connectivity index (χ1) is 21.0. The van der Waals surface area contributed by atoms with Crippen LogP contribution in [0.1, 0.15) is 54.9 Å². The van der Waals surface area contributed by atoms with Gasteiger partial charge < -0.3 is 27.0 Å². The normalized spacial score (nSPS) is 14.7. The average molecular weight is 598 g/mol. The quantitative estimate of drug-likeness (QED) is 0.0876. The van der Waals surface area contributed by atoms with Gasteiger partial charge in [-0.2, -0.15) is 0 Å². The Labute approximate surface area is 257 Å². The number of nitrogens with one attached hydrogen (secondary N) is 3. The second kappa shape index (κ2) is 13.9. The fourth-order valence-electron chi connectivity index (χ4n) is 5.34. The number of carbonyl (C=O) groups is 4. The van der Waals surface area contributed by atoms with E-state index in [9.17, 15) is 19.2 Å². The molecule has 0 saturated carbocycles. The largest absolute Gasteiger partial charge is 0.370 e. The van der Waals surface area contributed by atoms with Crippen molar-refractivity contribution in [2.75, 3.05) is 6.54 Å². The summed E-state index contributed by atoms with van der Waals surface area (Å²) in [5.41, 5.74) is 13.4. The van der Waals surface area contributed by atoms with E-state index in [2.05, 4.69) is 10.6 Å². The summed E-state index contributed by atoms with van der Waals surface area (Å²) < 4.78 is 0. The Kier molecular flexibility index (Phi) is 9.99. The molecule has 11 nitrogen and oxygen atoms in total. The second-order valence-electron chi connectivity index (χ2n) is 11.4. The van der Waals surface area contributed by atoms with Crippen LogP contribution >= 0.6 is 0 Å². The van der Waals surface area contributed by atoms with Gasteiger partial charge in [-0.25, -0.2) is 4.79 Å². The van der Waals surface area contributed by atoms with E-state index in [-0.39, 0.29) is 37.3 Å². The summed E-state index contributed by atoms with van der Waals surface area (Å²) >= 11 is 0. The van der Waals surface area contributed by atoms with Crippen LogP contribution in [0.3, 0.4) is 0 Å². The van der Waals surface area contributed by atoms with Crippen LogP contribution in [-0.4, -0.2) is 57.6 Å². The maximum absolute atomic E-state index is 14.5. The average Bonchev–Trinajstić information content (AvgIpc) is 3.19. The molecule has 3 aromatic carbocycles. The smallest absolute Gasteiger partial charge is 0.325 e. The summed E-state index contributed by atoms with van der Waals surface area (Å²) in [5.74, 6) is -2.09. The van der Waals surface area contributed by atoms with Crippen molar-refractivity contribution in [3.63, 3.8) is 0 Å². The number of nitrogens with zero attached hydrogens (tertiary/aromatic N) is 2. The summed E-state index contributed by atoms with van der Waals surface area (Å²) in [7, 11) is 0. The molecular weight excluding hydrogens is 558 g/mol. The van der Waals surface area contributed by atoms with Crippen molar-refractivity contribution in [2.24, 2.45) is 11.5 Å². The van der Waals surface area contributed by atoms with Crippen LogP contribution in [-0.2, 0) is 27.5 Å². The lowest BCUT2D eigenvalue weighted by atomic mass is 9.89. The van der Waals surface area contributed by atoms with E-state index >= 15 is 0 Å². The number of primary amides is 1. The number of urea groups is 1. The van der Waals surface area contributed by atoms with Gasteiger partial charge in [-0.15, -0.1) is 0 Å². The van der Waals surface area contributed by atoms with E-state index in [1.807, 2.05) is 72.8 Å². The summed E-state index contributed by atoms with van der Waals surface area (Å²) in [6.07, 6.45) is 0.706. The molecule has 0 spiro atoms. The van der Waals surface area contributed by atoms with Crippen LogP contribution in [0.2, 0.25) is 0 Å². The topological polar surface area (TPSA) is 175 Å². The van der Waals surface area contributed by atoms with Crippen molar-refractivity contribution < 1.29 is 19.2 Å². The number of rotatable bonds is 13. The van der Waals surface area contributed by atoms with Gasteiger partial charge in [-0.3, -0.25) is 24.7 Å². The van der Waals surface area contributed by atoms with Gasteiger partial charge in [0.1, 0.15) is 11.6 Å². The predicted molar refractivity (Wildman–Crippen MR) is 167 cm³/mol. The number of guanidine groups is 1. The van der Waals surface area contributed by atoms with Gasteiger partial charge in [-0.05, 0) is 48.9 Å². The summed E-state index contributed by atoms with van der Waals surface area (Å²) in [5, 5.41) is 12.8. The maximum Gasteiger partial charge on any atom is 0.325 e. The lowest BCUT2D eigenvalue weighted by Crippen LogP contribution is -2.49. The fourth-order valence-corrected chi connectivity index (χ4v) is 5.34. The van der Waals surface area contributed by atoms with Crippen LogP contribution in [0.4, 0.5) is 4.79 Å². The highest BCUT2D eigenvalue weighted by Crippen LogP contribution is 2.29. The standard InChI is InChI=1S/C33H39N7O4/c1-33(2)30(43)40(32(44)38-33)21-23-17-15-22(16-18-23)20-39(26(28(34)41)14-9-19-37-31(35)36)29(42)27(24-10-5-3-6-11-24)25-12-7-4-8-13-25/h3-8,10-13,15-18,26-27H,9,14,19-21H2,1-2H3,(H2,34,41)(H,38,44)(H4,35,36,37)/t26-/m1/s1. The van der Waals surface area contributed by atoms with Crippen LogP contribution < -0.4 is 22.1 Å². The zero-order chi connectivity index (χ0) is 31.9. The molecule has 1 aliphatic heterocycles. The monoisotopic (exact) mass is 597 g/mol. The zero-order valence-electron chi connectivity index (χ0n) is 25.0. The Morgan fingerprint density at radius 2 is 1.45 bits per heavy atom. The van der Waals surface area contributed by atoms with E-state index in [0.29, 0.717) is 13.0 Å². The number of hydrogen-bond acceptors (Lipinski definition) is 5. The van der Waals surface area contributed by atoms with E-state index in [1.165, 1.54) is 9.80 Å². The lowest BCUT2D eigenvalue weighted by Gasteiger charge is -2.33. The summed E-state index contributed by atoms with van der Waals surface area (Å²) in [6, 6.07) is 24.6. The fraction of sp³-hybridized carbons (Fsp3) is 0.303. The first kappa shape index (κ1) is 31.7. The summed E-state index contributed by atoms with van der Waals surface area (Å²) in [4.78, 5) is 55.1. The molecule has 1 atom stereocenters. The molecule has 5 amide bonds. The Balaban J connectivity index is 1.64. The number of nitrogens with two attached hydrogens (primary N) is 2. The van der Waals surface area contributed by atoms with Crippen molar-refractivity contribution in [1.29, 1.82) is 5.41 Å². The molecule has 3 aromatic rings. The van der Waals surface area contributed by atoms with Crippen LogP contribution in [0.5, 0.6) is 0 Å². The van der Waals surface area contributed by atoms with Crippen molar-refractivity contribution >= 4 is 29.7 Å². The Bertz CT molecular complexity index is 1450. The van der Waals surface area contributed by atoms with Gasteiger partial charge in [0.05, 0.1) is 12.5 Å². The molecule has 4 rings (SSSR count). The molecular formula is C33H39N7O4. The SMILES string of the molecule is CC1(C)NC(=O)N(Cc2ccc(CN(C(=O)C(c3ccccc3)c3ccccc3)[C@H](CCCNC(=N)N)C(N)=O)cc2)C1=O. The minimum atomic E-state index is -0.963. The lowest BCUT2D eigenvalue weighted by molar-refractivity contribution is -0.141. The highest BCUT2D eigenvalue weighted by molar-refractivity contribution is 6.06. The molecule has 1 fully saturated rings. The Morgan fingerprint density at radius 3 is 1.93 bits per heavy atom. The third-order valence-electron chi connectivity index (χ3n) is 7.63. The van der Waals surface area contributed by atoms with Crippen LogP contribution in [0.25, 0.3) is 0 Å². The number of carbonyl (C=O) groups excluding carboxylic acids is 4. The minimum Gasteiger partial charge on any atom is -0.370 e. The van der Waals surface area contributed by atoms with Gasteiger partial charge in [-0.1, -0.05) is 84.9 Å². The van der Waals surface area contributed by atoms with Crippen LogP contribution in [0, 0.1) is 5.41 Å². The molecule has 0 aromatic heterocycles. The zero-order valence-corrected chi connectivity index (χ0v) is 25.0. The maximum atomic E-state index is 14.5. The third kappa shape index (κ3) is 7.60. The highest BCUT2D eigenvalue weighted by atomic mass is 16.2. The summed E-state index contributed by atoms with van der Waals surface area (Å²) in [6.45, 7) is 3.86. The predicted octanol–water partition coefficient (Wildman–Crippen LogP) is 2.79. The molecule has 0 bridgehead atoms. The number of benzene rings is 3. The number of hydrogen-bond donors (Lipinski definition) is 5. The number of amides is 5. The van der Waals surface area contributed by atoms with Gasteiger partial charge in [0, 0.05) is 13.1 Å². The van der Waals surface area contributed by atoms with E-state index in [0.717, 1.165) is 22.3 Å². The molecule has 1 saturated heterocycles. The van der Waals surface area contributed by atoms with Crippen molar-refractivity contribution in [3.05, 3.63) is 107 Å². The first-order valence-corrected chi connectivity index (χ1v) is 14.5. The first-order valence-electron chi connectivity index (χ1n) is 14.5. The molecule has 0 unspecified atom stereocenters. The molecule has 230 valence electrons. The van der Waals surface area contributed by atoms with Crippen LogP contribution in [0.15, 0.2) is 84.9 Å². The second-order valence-corrected chi connectivity index (χ2v) is 11.4. The van der Waals surface area contributed by atoms with Gasteiger partial charge in [0.2, 0.25) is 11.8 Å². The van der Waals surface area contributed by atoms with Crippen molar-refractivity contribution in [1.82, 2.24) is 20.4 Å². The third-order valence-corrected chi connectivity index (χ3v) is 7.63. The molecule has 44 heavy (non-hydrogen) atoms. The van der Waals surface area contributed by atoms with E-state index in [4.69, 9.17) is 16.9 Å².